The Kier molecular flexibility index (Phi) is 4.45. The number of aromatic nitrogens is 2. The van der Waals surface area contributed by atoms with Crippen LogP contribution in [-0.2, 0) is 0 Å². The number of hydrogen-bond acceptors (Lipinski definition) is 3. The third kappa shape index (κ3) is 3.27. The van der Waals surface area contributed by atoms with E-state index in [0.29, 0.717) is 33.7 Å². The first-order valence-corrected chi connectivity index (χ1v) is 8.69. The molecule has 0 spiro atoms. The molecule has 0 saturated heterocycles. The van der Waals surface area contributed by atoms with E-state index < -0.39 is 5.82 Å². The summed E-state index contributed by atoms with van der Waals surface area (Å²) < 4.78 is 14.8. The Morgan fingerprint density at radius 1 is 1.00 bits per heavy atom. The second-order valence-electron chi connectivity index (χ2n) is 6.33. The highest BCUT2D eigenvalue weighted by atomic mass is 19.1. The van der Waals surface area contributed by atoms with Gasteiger partial charge in [-0.2, -0.15) is 0 Å². The summed E-state index contributed by atoms with van der Waals surface area (Å²) in [4.78, 5) is 29.7. The lowest BCUT2D eigenvalue weighted by atomic mass is 10.1. The number of anilines is 1. The van der Waals surface area contributed by atoms with Crippen molar-refractivity contribution < 1.29 is 9.18 Å². The van der Waals surface area contributed by atoms with Crippen molar-refractivity contribution in [2.45, 2.75) is 6.92 Å². The molecule has 5 nitrogen and oxygen atoms in total. The number of carbonyl (C=O) groups excluding carboxylic acids is 1. The van der Waals surface area contributed by atoms with Crippen LogP contribution in [0.5, 0.6) is 0 Å². The third-order valence-corrected chi connectivity index (χ3v) is 4.41. The predicted octanol–water partition coefficient (Wildman–Crippen LogP) is 4.09. The second-order valence-corrected chi connectivity index (χ2v) is 6.33. The summed E-state index contributed by atoms with van der Waals surface area (Å²) in [5, 5.41) is 3.17. The number of carbonyl (C=O) groups is 1. The SMILES string of the molecule is Cc1nc2ccccc2c(=O)n1-c1ccc(C(=O)Nc2cccc(F)c2)cc1. The van der Waals surface area contributed by atoms with Gasteiger partial charge in [0.1, 0.15) is 11.6 Å². The number of amides is 1. The Morgan fingerprint density at radius 2 is 1.75 bits per heavy atom. The molecule has 0 aliphatic carbocycles. The standard InChI is InChI=1S/C22H16FN3O2/c1-14-24-20-8-3-2-7-19(20)22(28)26(14)18-11-9-15(10-12-18)21(27)25-17-6-4-5-16(23)13-17/h2-13H,1H3,(H,25,27). The number of nitrogens with zero attached hydrogens (tertiary/aromatic N) is 2. The summed E-state index contributed by atoms with van der Waals surface area (Å²) in [6, 6.07) is 19.5. The van der Waals surface area contributed by atoms with E-state index >= 15 is 0 Å². The van der Waals surface area contributed by atoms with Gasteiger partial charge in [0.15, 0.2) is 0 Å². The molecule has 4 aromatic rings. The van der Waals surface area contributed by atoms with Gasteiger partial charge in [0.2, 0.25) is 0 Å². The van der Waals surface area contributed by atoms with E-state index in [9.17, 15) is 14.0 Å². The fraction of sp³-hybridized carbons (Fsp3) is 0.0455. The van der Waals surface area contributed by atoms with Crippen molar-refractivity contribution in [2.24, 2.45) is 0 Å². The summed E-state index contributed by atoms with van der Waals surface area (Å²) in [7, 11) is 0. The summed E-state index contributed by atoms with van der Waals surface area (Å²) >= 11 is 0. The number of para-hydroxylation sites is 1. The van der Waals surface area contributed by atoms with E-state index in [1.165, 1.54) is 22.8 Å². The lowest BCUT2D eigenvalue weighted by Gasteiger charge is -2.11. The van der Waals surface area contributed by atoms with Crippen LogP contribution in [0.15, 0.2) is 77.6 Å². The minimum absolute atomic E-state index is 0.167. The smallest absolute Gasteiger partial charge is 0.265 e. The van der Waals surface area contributed by atoms with Crippen LogP contribution < -0.4 is 10.9 Å². The molecule has 28 heavy (non-hydrogen) atoms. The van der Waals surface area contributed by atoms with Gasteiger partial charge in [-0.25, -0.2) is 9.37 Å². The van der Waals surface area contributed by atoms with Crippen LogP contribution in [0.4, 0.5) is 10.1 Å². The highest BCUT2D eigenvalue weighted by Gasteiger charge is 2.11. The molecule has 0 bridgehead atoms. The van der Waals surface area contributed by atoms with Gasteiger partial charge in [0.25, 0.3) is 11.5 Å². The number of fused-ring (bicyclic) bond motifs is 1. The molecule has 0 atom stereocenters. The van der Waals surface area contributed by atoms with E-state index in [1.807, 2.05) is 6.07 Å². The number of nitrogens with one attached hydrogen (secondary N) is 1. The number of rotatable bonds is 3. The van der Waals surface area contributed by atoms with Crippen LogP contribution in [0.3, 0.4) is 0 Å². The lowest BCUT2D eigenvalue weighted by molar-refractivity contribution is 0.102. The van der Waals surface area contributed by atoms with E-state index in [-0.39, 0.29) is 11.5 Å². The first-order valence-electron chi connectivity index (χ1n) is 8.69. The zero-order valence-electron chi connectivity index (χ0n) is 15.0. The molecule has 6 heteroatoms. The zero-order valence-corrected chi connectivity index (χ0v) is 15.0. The minimum atomic E-state index is -0.424. The topological polar surface area (TPSA) is 64.0 Å². The van der Waals surface area contributed by atoms with Gasteiger partial charge in [0, 0.05) is 11.3 Å². The molecular weight excluding hydrogens is 357 g/mol. The van der Waals surface area contributed by atoms with Gasteiger partial charge in [0.05, 0.1) is 16.6 Å². The molecule has 0 radical (unpaired) electrons. The number of halogens is 1. The highest BCUT2D eigenvalue weighted by Crippen LogP contribution is 2.15. The Bertz CT molecular complexity index is 1250. The molecule has 0 fully saturated rings. The summed E-state index contributed by atoms with van der Waals surface area (Å²) in [5.74, 6) is -0.231. The normalized spacial score (nSPS) is 10.8. The molecular formula is C22H16FN3O2. The highest BCUT2D eigenvalue weighted by molar-refractivity contribution is 6.04. The van der Waals surface area contributed by atoms with Crippen LogP contribution in [-0.4, -0.2) is 15.5 Å². The van der Waals surface area contributed by atoms with Gasteiger partial charge < -0.3 is 5.32 Å². The average Bonchev–Trinajstić information content (AvgIpc) is 2.68. The molecule has 0 aliphatic heterocycles. The minimum Gasteiger partial charge on any atom is -0.322 e. The molecule has 1 aromatic heterocycles. The van der Waals surface area contributed by atoms with E-state index in [0.717, 1.165) is 0 Å². The number of hydrogen-bond donors (Lipinski definition) is 1. The van der Waals surface area contributed by atoms with Crippen molar-refractivity contribution in [1.29, 1.82) is 0 Å². The molecule has 1 amide bonds. The third-order valence-electron chi connectivity index (χ3n) is 4.41. The fourth-order valence-corrected chi connectivity index (χ4v) is 3.08. The molecule has 1 heterocycles. The maximum atomic E-state index is 13.3. The zero-order chi connectivity index (χ0) is 19.7. The van der Waals surface area contributed by atoms with E-state index in [4.69, 9.17) is 0 Å². The van der Waals surface area contributed by atoms with E-state index in [1.54, 1.807) is 55.5 Å². The first-order chi connectivity index (χ1) is 13.5. The largest absolute Gasteiger partial charge is 0.322 e. The Morgan fingerprint density at radius 3 is 2.50 bits per heavy atom. The van der Waals surface area contributed by atoms with Crippen LogP contribution >= 0.6 is 0 Å². The van der Waals surface area contributed by atoms with Crippen molar-refractivity contribution in [1.82, 2.24) is 9.55 Å². The van der Waals surface area contributed by atoms with Crippen LogP contribution in [0.25, 0.3) is 16.6 Å². The number of aryl methyl sites for hydroxylation is 1. The van der Waals surface area contributed by atoms with Crippen molar-refractivity contribution in [3.63, 3.8) is 0 Å². The van der Waals surface area contributed by atoms with Gasteiger partial charge >= 0.3 is 0 Å². The quantitative estimate of drug-likeness (QED) is 0.588. The van der Waals surface area contributed by atoms with Gasteiger partial charge in [-0.1, -0.05) is 18.2 Å². The van der Waals surface area contributed by atoms with Crippen molar-refractivity contribution >= 4 is 22.5 Å². The van der Waals surface area contributed by atoms with Crippen molar-refractivity contribution in [3.05, 3.63) is 100 Å². The monoisotopic (exact) mass is 373 g/mol. The molecule has 0 saturated carbocycles. The maximum Gasteiger partial charge on any atom is 0.265 e. The fourth-order valence-electron chi connectivity index (χ4n) is 3.08. The molecule has 138 valence electrons. The molecule has 4 rings (SSSR count). The predicted molar refractivity (Wildman–Crippen MR) is 106 cm³/mol. The maximum absolute atomic E-state index is 13.3. The van der Waals surface area contributed by atoms with Gasteiger partial charge in [-0.05, 0) is 61.5 Å². The first kappa shape index (κ1) is 17.6. The van der Waals surface area contributed by atoms with Crippen molar-refractivity contribution in [3.8, 4) is 5.69 Å². The van der Waals surface area contributed by atoms with Gasteiger partial charge in [-0.15, -0.1) is 0 Å². The lowest BCUT2D eigenvalue weighted by Crippen LogP contribution is -2.22. The summed E-state index contributed by atoms with van der Waals surface area (Å²) in [5.41, 5.74) is 1.86. The van der Waals surface area contributed by atoms with Crippen LogP contribution in [0.2, 0.25) is 0 Å². The Hall–Kier alpha value is -3.80. The Balaban J connectivity index is 1.66. The van der Waals surface area contributed by atoms with Crippen molar-refractivity contribution in [2.75, 3.05) is 5.32 Å². The summed E-state index contributed by atoms with van der Waals surface area (Å²) in [6.45, 7) is 1.76. The summed E-state index contributed by atoms with van der Waals surface area (Å²) in [6.07, 6.45) is 0. The molecule has 0 unspecified atom stereocenters. The average molecular weight is 373 g/mol. The van der Waals surface area contributed by atoms with E-state index in [2.05, 4.69) is 10.3 Å². The van der Waals surface area contributed by atoms with Gasteiger partial charge in [-0.3, -0.25) is 14.2 Å². The second kappa shape index (κ2) is 7.08. The number of benzene rings is 3. The molecule has 1 N–H and O–H groups in total. The van der Waals surface area contributed by atoms with Crippen LogP contribution in [0, 0.1) is 12.7 Å². The molecule has 0 aliphatic rings. The Labute approximate surface area is 160 Å². The van der Waals surface area contributed by atoms with Crippen LogP contribution in [0.1, 0.15) is 16.2 Å². The molecule has 3 aromatic carbocycles.